The highest BCUT2D eigenvalue weighted by molar-refractivity contribution is 7.99. The molecule has 0 aliphatic heterocycles. The molecule has 1 aromatic heterocycles. The summed E-state index contributed by atoms with van der Waals surface area (Å²) in [5.41, 5.74) is 0.0832. The molecule has 1 N–H and O–H groups in total. The van der Waals surface area contributed by atoms with Crippen molar-refractivity contribution in [3.63, 3.8) is 0 Å². The molecule has 0 aromatic carbocycles. The molecular formula is C19H32N4O4S. The number of hydrogen-bond acceptors (Lipinski definition) is 6. The van der Waals surface area contributed by atoms with Crippen LogP contribution < -0.4 is 10.3 Å². The summed E-state index contributed by atoms with van der Waals surface area (Å²) < 4.78 is 5.63. The van der Waals surface area contributed by atoms with Crippen LogP contribution in [0.4, 0.5) is 0 Å². The van der Waals surface area contributed by atoms with Crippen molar-refractivity contribution in [2.45, 2.75) is 52.6 Å². The summed E-state index contributed by atoms with van der Waals surface area (Å²) in [5.74, 6) is 0.0179. The number of nitrogens with zero attached hydrogens (tertiary/aromatic N) is 3. The van der Waals surface area contributed by atoms with Crippen molar-refractivity contribution in [2.75, 3.05) is 38.5 Å². The SMILES string of the molecule is CCN(CC)C(=O)COc1nc(SCC(=O)N(CC)CC)[nH]c(=O)c1C(C)C. The van der Waals surface area contributed by atoms with Gasteiger partial charge < -0.3 is 19.5 Å². The molecule has 0 spiro atoms. The largest absolute Gasteiger partial charge is 0.467 e. The van der Waals surface area contributed by atoms with Crippen LogP contribution in [0, 0.1) is 0 Å². The first-order valence-corrected chi connectivity index (χ1v) is 10.7. The number of carbonyl (C=O) groups is 2. The van der Waals surface area contributed by atoms with Gasteiger partial charge in [-0.25, -0.2) is 0 Å². The summed E-state index contributed by atoms with van der Waals surface area (Å²) in [6.45, 7) is 13.6. The summed E-state index contributed by atoms with van der Waals surface area (Å²) >= 11 is 1.15. The topological polar surface area (TPSA) is 95.6 Å². The number of rotatable bonds is 11. The van der Waals surface area contributed by atoms with Crippen LogP contribution in [0.3, 0.4) is 0 Å². The molecule has 0 unspecified atom stereocenters. The second-order valence-electron chi connectivity index (χ2n) is 6.45. The van der Waals surface area contributed by atoms with Crippen LogP contribution >= 0.6 is 11.8 Å². The lowest BCUT2D eigenvalue weighted by Crippen LogP contribution is -2.35. The van der Waals surface area contributed by atoms with Gasteiger partial charge in [-0.1, -0.05) is 25.6 Å². The summed E-state index contributed by atoms with van der Waals surface area (Å²) in [5, 5.41) is 0.306. The molecule has 28 heavy (non-hydrogen) atoms. The van der Waals surface area contributed by atoms with E-state index >= 15 is 0 Å². The van der Waals surface area contributed by atoms with Gasteiger partial charge in [0.25, 0.3) is 11.5 Å². The Hall–Kier alpha value is -2.03. The Morgan fingerprint density at radius 3 is 2.07 bits per heavy atom. The molecule has 0 fully saturated rings. The molecule has 2 amide bonds. The van der Waals surface area contributed by atoms with E-state index < -0.39 is 0 Å². The zero-order valence-electron chi connectivity index (χ0n) is 17.7. The van der Waals surface area contributed by atoms with Crippen molar-refractivity contribution in [1.29, 1.82) is 0 Å². The van der Waals surface area contributed by atoms with Crippen LogP contribution in [0.5, 0.6) is 5.88 Å². The summed E-state index contributed by atoms with van der Waals surface area (Å²) in [4.78, 5) is 47.4. The van der Waals surface area contributed by atoms with E-state index in [-0.39, 0.29) is 41.5 Å². The molecule has 0 saturated heterocycles. The number of hydrogen-bond donors (Lipinski definition) is 1. The van der Waals surface area contributed by atoms with Crippen LogP contribution in [0.15, 0.2) is 9.95 Å². The van der Waals surface area contributed by atoms with E-state index in [9.17, 15) is 14.4 Å². The Bertz CT molecular complexity index is 712. The lowest BCUT2D eigenvalue weighted by Gasteiger charge is -2.20. The number of ether oxygens (including phenoxy) is 1. The minimum atomic E-state index is -0.312. The third-order valence-corrected chi connectivity index (χ3v) is 5.23. The molecule has 8 nitrogen and oxygen atoms in total. The van der Waals surface area contributed by atoms with Gasteiger partial charge in [-0.05, 0) is 33.6 Å². The van der Waals surface area contributed by atoms with E-state index in [0.29, 0.717) is 36.9 Å². The molecule has 158 valence electrons. The number of H-pyrrole nitrogens is 1. The highest BCUT2D eigenvalue weighted by Gasteiger charge is 2.20. The van der Waals surface area contributed by atoms with Crippen LogP contribution in [-0.4, -0.2) is 70.1 Å². The van der Waals surface area contributed by atoms with Crippen LogP contribution in [0.2, 0.25) is 0 Å². The average Bonchev–Trinajstić information content (AvgIpc) is 2.66. The van der Waals surface area contributed by atoms with E-state index in [0.717, 1.165) is 11.8 Å². The molecule has 0 saturated carbocycles. The van der Waals surface area contributed by atoms with Crippen molar-refractivity contribution >= 4 is 23.6 Å². The van der Waals surface area contributed by atoms with Gasteiger partial charge in [0.2, 0.25) is 11.8 Å². The lowest BCUT2D eigenvalue weighted by atomic mass is 10.1. The normalized spacial score (nSPS) is 10.8. The van der Waals surface area contributed by atoms with Gasteiger partial charge in [-0.15, -0.1) is 0 Å². The number of carbonyl (C=O) groups excluding carboxylic acids is 2. The van der Waals surface area contributed by atoms with Crippen molar-refractivity contribution in [2.24, 2.45) is 0 Å². The monoisotopic (exact) mass is 412 g/mol. The maximum atomic E-state index is 12.5. The van der Waals surface area contributed by atoms with E-state index in [1.807, 2.05) is 41.5 Å². The van der Waals surface area contributed by atoms with Gasteiger partial charge >= 0.3 is 0 Å². The van der Waals surface area contributed by atoms with E-state index in [4.69, 9.17) is 4.74 Å². The van der Waals surface area contributed by atoms with Crippen molar-refractivity contribution < 1.29 is 14.3 Å². The summed E-state index contributed by atoms with van der Waals surface area (Å²) in [6.07, 6.45) is 0. The van der Waals surface area contributed by atoms with Crippen LogP contribution in [0.1, 0.15) is 53.0 Å². The number of thioether (sulfide) groups is 1. The number of nitrogens with one attached hydrogen (secondary N) is 1. The Labute approximate surface area is 171 Å². The lowest BCUT2D eigenvalue weighted by molar-refractivity contribution is -0.133. The molecule has 0 aliphatic carbocycles. The molecule has 1 rings (SSSR count). The van der Waals surface area contributed by atoms with Gasteiger partial charge in [-0.3, -0.25) is 14.4 Å². The predicted octanol–water partition coefficient (Wildman–Crippen LogP) is 2.10. The number of aromatic nitrogens is 2. The molecule has 1 aromatic rings. The van der Waals surface area contributed by atoms with Crippen molar-refractivity contribution in [1.82, 2.24) is 19.8 Å². The summed E-state index contributed by atoms with van der Waals surface area (Å²) in [7, 11) is 0. The third-order valence-electron chi connectivity index (χ3n) is 4.37. The van der Waals surface area contributed by atoms with Gasteiger partial charge in [-0.2, -0.15) is 4.98 Å². The maximum Gasteiger partial charge on any atom is 0.260 e. The maximum absolute atomic E-state index is 12.5. The fourth-order valence-corrected chi connectivity index (χ4v) is 3.48. The van der Waals surface area contributed by atoms with Gasteiger partial charge in [0.05, 0.1) is 11.3 Å². The molecular weight excluding hydrogens is 380 g/mol. The molecule has 0 bridgehead atoms. The molecule has 1 heterocycles. The highest BCUT2D eigenvalue weighted by atomic mass is 32.2. The summed E-state index contributed by atoms with van der Waals surface area (Å²) in [6, 6.07) is 0. The first-order valence-electron chi connectivity index (χ1n) is 9.74. The molecule has 0 aliphatic rings. The highest BCUT2D eigenvalue weighted by Crippen LogP contribution is 2.23. The smallest absolute Gasteiger partial charge is 0.260 e. The minimum Gasteiger partial charge on any atom is -0.467 e. The third kappa shape index (κ3) is 6.54. The fraction of sp³-hybridized carbons (Fsp3) is 0.684. The second-order valence-corrected chi connectivity index (χ2v) is 7.42. The standard InChI is InChI=1S/C19H32N4O4S/c1-7-22(8-2)14(24)11-27-18-16(13(5)6)17(26)20-19(21-18)28-12-15(25)23(9-3)10-4/h13H,7-12H2,1-6H3,(H,20,21,26). The van der Waals surface area contributed by atoms with E-state index in [1.54, 1.807) is 9.80 Å². The predicted molar refractivity (Wildman–Crippen MR) is 111 cm³/mol. The minimum absolute atomic E-state index is 0.0234. The Kier molecular flexibility index (Phi) is 10.1. The van der Waals surface area contributed by atoms with Crippen molar-refractivity contribution in [3.8, 4) is 5.88 Å². The number of likely N-dealkylation sites (N-methyl/N-ethyl adjacent to an activating group) is 1. The zero-order chi connectivity index (χ0) is 21.3. The number of amides is 2. The molecule has 0 atom stereocenters. The quantitative estimate of drug-likeness (QED) is 0.442. The van der Waals surface area contributed by atoms with Crippen LogP contribution in [-0.2, 0) is 9.59 Å². The Morgan fingerprint density at radius 1 is 1.04 bits per heavy atom. The average molecular weight is 413 g/mol. The van der Waals surface area contributed by atoms with Crippen LogP contribution in [0.25, 0.3) is 0 Å². The fourth-order valence-electron chi connectivity index (χ4n) is 2.72. The number of aromatic amines is 1. The van der Waals surface area contributed by atoms with E-state index in [1.165, 1.54) is 0 Å². The van der Waals surface area contributed by atoms with E-state index in [2.05, 4.69) is 9.97 Å². The van der Waals surface area contributed by atoms with Gasteiger partial charge in [0.1, 0.15) is 0 Å². The van der Waals surface area contributed by atoms with Gasteiger partial charge in [0, 0.05) is 26.2 Å². The first-order chi connectivity index (χ1) is 13.3. The Balaban J connectivity index is 2.99. The second kappa shape index (κ2) is 11.7. The molecule has 0 radical (unpaired) electrons. The molecule has 9 heteroatoms. The zero-order valence-corrected chi connectivity index (χ0v) is 18.5. The van der Waals surface area contributed by atoms with Crippen molar-refractivity contribution in [3.05, 3.63) is 15.9 Å². The first kappa shape index (κ1) is 24.0. The Morgan fingerprint density at radius 2 is 1.57 bits per heavy atom. The van der Waals surface area contributed by atoms with Gasteiger partial charge in [0.15, 0.2) is 11.8 Å².